The monoisotopic (exact) mass is 272 g/mol. The van der Waals surface area contributed by atoms with Crippen LogP contribution >= 0.6 is 28.1 Å². The van der Waals surface area contributed by atoms with Crippen LogP contribution in [0, 0.1) is 10.6 Å². The summed E-state index contributed by atoms with van der Waals surface area (Å²) in [4.78, 5) is 7.58. The summed E-state index contributed by atoms with van der Waals surface area (Å²) in [6, 6.07) is 0. The molecule has 0 aliphatic heterocycles. The Morgan fingerprint density at radius 3 is 2.93 bits per heavy atom. The largest absolute Gasteiger partial charge is 0.334 e. The Kier molecular flexibility index (Phi) is 3.02. The summed E-state index contributed by atoms with van der Waals surface area (Å²) in [5, 5.41) is 0. The Morgan fingerprint density at radius 1 is 1.57 bits per heavy atom. The second-order valence-corrected chi connectivity index (χ2v) is 5.32. The molecule has 1 aliphatic carbocycles. The van der Waals surface area contributed by atoms with Crippen LogP contribution in [0.2, 0.25) is 0 Å². The van der Waals surface area contributed by atoms with Crippen LogP contribution in [0.25, 0.3) is 0 Å². The van der Waals surface area contributed by atoms with Gasteiger partial charge in [-0.2, -0.15) is 0 Å². The van der Waals surface area contributed by atoms with Crippen molar-refractivity contribution in [3.8, 4) is 0 Å². The van der Waals surface area contributed by atoms with Gasteiger partial charge in [-0.05, 0) is 41.1 Å². The van der Waals surface area contributed by atoms with Crippen molar-refractivity contribution in [2.45, 2.75) is 32.1 Å². The van der Waals surface area contributed by atoms with Crippen molar-refractivity contribution < 1.29 is 0 Å². The van der Waals surface area contributed by atoms with Crippen molar-refractivity contribution in [2.75, 3.05) is 0 Å². The van der Waals surface area contributed by atoms with Gasteiger partial charge < -0.3 is 4.98 Å². The van der Waals surface area contributed by atoms with Gasteiger partial charge in [-0.25, -0.2) is 4.98 Å². The van der Waals surface area contributed by atoms with Crippen LogP contribution in [-0.2, 0) is 0 Å². The summed E-state index contributed by atoms with van der Waals surface area (Å²) in [6.07, 6.45) is 5.58. The SMILES string of the molecule is CC1CCC(c2ncc(Br)c(=S)[nH]2)C1. The second kappa shape index (κ2) is 4.11. The minimum Gasteiger partial charge on any atom is -0.334 e. The van der Waals surface area contributed by atoms with Gasteiger partial charge in [-0.1, -0.05) is 19.1 Å². The van der Waals surface area contributed by atoms with Gasteiger partial charge in [0.05, 0.1) is 4.47 Å². The molecule has 2 atom stereocenters. The van der Waals surface area contributed by atoms with E-state index in [1.54, 1.807) is 6.20 Å². The van der Waals surface area contributed by atoms with E-state index in [1.165, 1.54) is 19.3 Å². The van der Waals surface area contributed by atoms with E-state index in [2.05, 4.69) is 32.8 Å². The molecule has 0 radical (unpaired) electrons. The zero-order chi connectivity index (χ0) is 10.1. The molecule has 1 aromatic heterocycles. The van der Waals surface area contributed by atoms with Gasteiger partial charge in [0.15, 0.2) is 0 Å². The molecule has 76 valence electrons. The predicted molar refractivity (Wildman–Crippen MR) is 62.9 cm³/mol. The predicted octanol–water partition coefficient (Wildman–Crippen LogP) is 3.81. The number of nitrogens with zero attached hydrogens (tertiary/aromatic N) is 1. The third-order valence-electron chi connectivity index (χ3n) is 2.86. The first-order chi connectivity index (χ1) is 6.66. The van der Waals surface area contributed by atoms with Crippen molar-refractivity contribution in [2.24, 2.45) is 5.92 Å². The highest BCUT2D eigenvalue weighted by atomic mass is 79.9. The lowest BCUT2D eigenvalue weighted by Crippen LogP contribution is -2.01. The van der Waals surface area contributed by atoms with E-state index in [0.717, 1.165) is 20.9 Å². The Balaban J connectivity index is 2.25. The van der Waals surface area contributed by atoms with Crippen molar-refractivity contribution in [1.82, 2.24) is 9.97 Å². The minimum absolute atomic E-state index is 0.583. The van der Waals surface area contributed by atoms with E-state index in [0.29, 0.717) is 5.92 Å². The van der Waals surface area contributed by atoms with E-state index in [1.807, 2.05) is 0 Å². The first-order valence-electron chi connectivity index (χ1n) is 4.91. The smallest absolute Gasteiger partial charge is 0.120 e. The maximum Gasteiger partial charge on any atom is 0.120 e. The fraction of sp³-hybridized carbons (Fsp3) is 0.600. The lowest BCUT2D eigenvalue weighted by Gasteiger charge is -2.08. The lowest BCUT2D eigenvalue weighted by molar-refractivity contribution is 0.584. The number of rotatable bonds is 1. The van der Waals surface area contributed by atoms with Crippen molar-refractivity contribution in [3.63, 3.8) is 0 Å². The van der Waals surface area contributed by atoms with E-state index in [4.69, 9.17) is 12.2 Å². The average molecular weight is 273 g/mol. The molecule has 2 unspecified atom stereocenters. The topological polar surface area (TPSA) is 28.7 Å². The maximum atomic E-state index is 5.16. The third kappa shape index (κ3) is 2.06. The van der Waals surface area contributed by atoms with Gasteiger partial charge in [0, 0.05) is 12.1 Å². The highest BCUT2D eigenvalue weighted by molar-refractivity contribution is 9.10. The maximum absolute atomic E-state index is 5.16. The molecule has 0 bridgehead atoms. The number of H-pyrrole nitrogens is 1. The van der Waals surface area contributed by atoms with Gasteiger partial charge in [-0.3, -0.25) is 0 Å². The normalized spacial score (nSPS) is 26.7. The quantitative estimate of drug-likeness (QED) is 0.788. The Hall–Kier alpha value is -0.220. The highest BCUT2D eigenvalue weighted by Crippen LogP contribution is 2.36. The minimum atomic E-state index is 0.583. The van der Waals surface area contributed by atoms with Gasteiger partial charge in [-0.15, -0.1) is 0 Å². The molecule has 1 aliphatic rings. The van der Waals surface area contributed by atoms with E-state index in [-0.39, 0.29) is 0 Å². The first-order valence-corrected chi connectivity index (χ1v) is 6.11. The summed E-state index contributed by atoms with van der Waals surface area (Å²) in [7, 11) is 0. The number of nitrogens with one attached hydrogen (secondary N) is 1. The zero-order valence-electron chi connectivity index (χ0n) is 8.09. The molecular formula is C10H13BrN2S. The van der Waals surface area contributed by atoms with Crippen LogP contribution in [0.1, 0.15) is 37.9 Å². The molecule has 0 aromatic carbocycles. The number of hydrogen-bond acceptors (Lipinski definition) is 2. The second-order valence-electron chi connectivity index (χ2n) is 4.06. The fourth-order valence-electron chi connectivity index (χ4n) is 2.06. The molecule has 1 N–H and O–H groups in total. The summed E-state index contributed by atoms with van der Waals surface area (Å²) in [5.74, 6) is 2.47. The molecule has 2 rings (SSSR count). The molecular weight excluding hydrogens is 260 g/mol. The molecule has 4 heteroatoms. The number of hydrogen-bond donors (Lipinski definition) is 1. The highest BCUT2D eigenvalue weighted by Gasteiger charge is 2.24. The molecule has 1 saturated carbocycles. The fourth-order valence-corrected chi connectivity index (χ4v) is 2.41. The molecule has 2 nitrogen and oxygen atoms in total. The van der Waals surface area contributed by atoms with Gasteiger partial charge in [0.1, 0.15) is 10.5 Å². The average Bonchev–Trinajstić information content (AvgIpc) is 2.57. The van der Waals surface area contributed by atoms with E-state index < -0.39 is 0 Å². The zero-order valence-corrected chi connectivity index (χ0v) is 10.5. The first kappa shape index (κ1) is 10.3. The Labute approximate surface area is 97.3 Å². The number of halogens is 1. The van der Waals surface area contributed by atoms with Gasteiger partial charge in [0.2, 0.25) is 0 Å². The number of aromatic amines is 1. The molecule has 0 saturated heterocycles. The Morgan fingerprint density at radius 2 is 2.36 bits per heavy atom. The number of aromatic nitrogens is 2. The molecule has 14 heavy (non-hydrogen) atoms. The third-order valence-corrected chi connectivity index (χ3v) is 4.04. The van der Waals surface area contributed by atoms with Crippen molar-refractivity contribution >= 4 is 28.1 Å². The lowest BCUT2D eigenvalue weighted by atomic mass is 10.1. The molecule has 0 spiro atoms. The summed E-state index contributed by atoms with van der Waals surface area (Å²) in [6.45, 7) is 2.30. The molecule has 1 aromatic rings. The van der Waals surface area contributed by atoms with Crippen LogP contribution < -0.4 is 0 Å². The van der Waals surface area contributed by atoms with E-state index >= 15 is 0 Å². The van der Waals surface area contributed by atoms with Gasteiger partial charge >= 0.3 is 0 Å². The van der Waals surface area contributed by atoms with Crippen LogP contribution in [0.4, 0.5) is 0 Å². The summed E-state index contributed by atoms with van der Waals surface area (Å²) >= 11 is 8.52. The van der Waals surface area contributed by atoms with E-state index in [9.17, 15) is 0 Å². The van der Waals surface area contributed by atoms with Crippen LogP contribution in [0.5, 0.6) is 0 Å². The molecule has 0 amide bonds. The van der Waals surface area contributed by atoms with Crippen molar-refractivity contribution in [3.05, 3.63) is 21.1 Å². The Bertz CT molecular complexity index is 388. The standard InChI is InChI=1S/C10H13BrN2S/c1-6-2-3-7(4-6)9-12-5-8(11)10(14)13-9/h5-7H,2-4H2,1H3,(H,12,13,14). The summed E-state index contributed by atoms with van der Waals surface area (Å²) < 4.78 is 1.64. The van der Waals surface area contributed by atoms with Crippen LogP contribution in [-0.4, -0.2) is 9.97 Å². The molecule has 1 fully saturated rings. The van der Waals surface area contributed by atoms with Gasteiger partial charge in [0.25, 0.3) is 0 Å². The van der Waals surface area contributed by atoms with Crippen LogP contribution in [0.3, 0.4) is 0 Å². The summed E-state index contributed by atoms with van der Waals surface area (Å²) in [5.41, 5.74) is 0. The molecule has 1 heterocycles. The van der Waals surface area contributed by atoms with Crippen molar-refractivity contribution in [1.29, 1.82) is 0 Å². The van der Waals surface area contributed by atoms with Crippen LogP contribution in [0.15, 0.2) is 10.7 Å².